The van der Waals surface area contributed by atoms with Gasteiger partial charge < -0.3 is 25.4 Å². The third-order valence-electron chi connectivity index (χ3n) is 10.2. The van der Waals surface area contributed by atoms with Crippen molar-refractivity contribution in [2.45, 2.75) is 101 Å². The molecular weight excluding hydrogens is 620 g/mol. The number of rotatable bonds is 11. The van der Waals surface area contributed by atoms with Crippen molar-refractivity contribution in [2.75, 3.05) is 26.2 Å². The minimum absolute atomic E-state index is 0.0173. The first-order chi connectivity index (χ1) is 21.0. The molecule has 2 aromatic carbocycles. The second kappa shape index (κ2) is 12.7. The number of hydrogen-bond donors (Lipinski definition) is 3. The molecule has 6 rings (SSSR count). The van der Waals surface area contributed by atoms with E-state index in [1.807, 2.05) is 49.4 Å². The van der Waals surface area contributed by atoms with Gasteiger partial charge in [0, 0.05) is 42.1 Å². The number of halogens is 1. The van der Waals surface area contributed by atoms with Gasteiger partial charge in [-0.25, -0.2) is 0 Å². The Balaban J connectivity index is 1.14. The largest absolute Gasteiger partial charge is 0.487 e. The van der Waals surface area contributed by atoms with Crippen LogP contribution in [0.1, 0.15) is 76.5 Å². The van der Waals surface area contributed by atoms with Gasteiger partial charge in [-0.15, -0.1) is 0 Å². The third-order valence-corrected chi connectivity index (χ3v) is 10.7. The highest BCUT2D eigenvalue weighted by Gasteiger charge is 2.55. The Morgan fingerprint density at radius 2 is 1.91 bits per heavy atom. The number of carbonyl (C=O) groups excluding carboxylic acids is 2. The fourth-order valence-corrected chi connectivity index (χ4v) is 7.88. The van der Waals surface area contributed by atoms with E-state index in [-0.39, 0.29) is 23.5 Å². The molecule has 0 radical (unpaired) electrons. The summed E-state index contributed by atoms with van der Waals surface area (Å²) in [5.74, 6) is 1.45. The van der Waals surface area contributed by atoms with Crippen LogP contribution in [0.5, 0.6) is 5.75 Å². The first-order valence-electron chi connectivity index (χ1n) is 16.3. The van der Waals surface area contributed by atoms with Crippen LogP contribution in [0.15, 0.2) is 53.0 Å². The second-order valence-electron chi connectivity index (χ2n) is 14.0. The molecule has 3 N–H and O–H groups in total. The van der Waals surface area contributed by atoms with E-state index in [2.05, 4.69) is 51.4 Å². The van der Waals surface area contributed by atoms with Gasteiger partial charge in [-0.2, -0.15) is 0 Å². The number of fused-ring (bicyclic) bond motifs is 1. The normalized spacial score (nSPS) is 26.7. The summed E-state index contributed by atoms with van der Waals surface area (Å²) in [6.45, 7) is 8.84. The SMILES string of the molecule is C[C@@H](C(=O)N[C@@H](Cc1ccccc1)[C@H](O)CNC1CC(C)(C)Oc2ccc(Br)cc21)N1CC[C@@]2(CCCN2CC2CC2)C1=O. The van der Waals surface area contributed by atoms with Gasteiger partial charge in [0.15, 0.2) is 0 Å². The van der Waals surface area contributed by atoms with Gasteiger partial charge in [0.1, 0.15) is 22.9 Å². The van der Waals surface area contributed by atoms with E-state index in [4.69, 9.17) is 4.74 Å². The van der Waals surface area contributed by atoms with Gasteiger partial charge in [0.25, 0.3) is 0 Å². The second-order valence-corrected chi connectivity index (χ2v) is 14.9. The molecule has 8 nitrogen and oxygen atoms in total. The van der Waals surface area contributed by atoms with Crippen LogP contribution in [0.4, 0.5) is 0 Å². The van der Waals surface area contributed by atoms with Crippen LogP contribution in [0.25, 0.3) is 0 Å². The number of carbonyl (C=O) groups is 2. The molecule has 3 fully saturated rings. The molecule has 2 aromatic rings. The van der Waals surface area contributed by atoms with Crippen molar-refractivity contribution in [2.24, 2.45) is 5.92 Å². The van der Waals surface area contributed by atoms with E-state index in [0.717, 1.165) is 66.0 Å². The maximum Gasteiger partial charge on any atom is 0.243 e. The molecule has 0 aromatic heterocycles. The maximum atomic E-state index is 13.9. The number of nitrogens with one attached hydrogen (secondary N) is 2. The lowest BCUT2D eigenvalue weighted by Crippen LogP contribution is -2.57. The number of likely N-dealkylation sites (tertiary alicyclic amines) is 2. The van der Waals surface area contributed by atoms with Crippen molar-refractivity contribution in [3.8, 4) is 5.75 Å². The summed E-state index contributed by atoms with van der Waals surface area (Å²) in [4.78, 5) is 31.9. The lowest BCUT2D eigenvalue weighted by Gasteiger charge is -2.39. The molecule has 2 amide bonds. The molecule has 4 aliphatic rings. The Labute approximate surface area is 270 Å². The van der Waals surface area contributed by atoms with Crippen LogP contribution < -0.4 is 15.4 Å². The van der Waals surface area contributed by atoms with Crippen molar-refractivity contribution in [1.82, 2.24) is 20.4 Å². The van der Waals surface area contributed by atoms with Gasteiger partial charge in [0.05, 0.1) is 12.1 Å². The molecule has 1 saturated carbocycles. The van der Waals surface area contributed by atoms with E-state index >= 15 is 0 Å². The number of amides is 2. The van der Waals surface area contributed by atoms with Gasteiger partial charge in [0.2, 0.25) is 11.8 Å². The molecule has 3 heterocycles. The Morgan fingerprint density at radius 3 is 2.66 bits per heavy atom. The molecule has 5 atom stereocenters. The maximum absolute atomic E-state index is 13.9. The predicted octanol–water partition coefficient (Wildman–Crippen LogP) is 4.59. The topological polar surface area (TPSA) is 94.1 Å². The average molecular weight is 668 g/mol. The van der Waals surface area contributed by atoms with Crippen LogP contribution in [0.3, 0.4) is 0 Å². The fraction of sp³-hybridized carbons (Fsp3) is 0.600. The van der Waals surface area contributed by atoms with Crippen molar-refractivity contribution >= 4 is 27.7 Å². The number of hydrogen-bond acceptors (Lipinski definition) is 6. The number of aliphatic hydroxyl groups excluding tert-OH is 1. The van der Waals surface area contributed by atoms with E-state index < -0.39 is 23.7 Å². The summed E-state index contributed by atoms with van der Waals surface area (Å²) in [5, 5.41) is 18.3. The Morgan fingerprint density at radius 1 is 1.14 bits per heavy atom. The molecule has 238 valence electrons. The molecule has 44 heavy (non-hydrogen) atoms. The van der Waals surface area contributed by atoms with Crippen molar-refractivity contribution in [1.29, 1.82) is 0 Å². The molecule has 3 aliphatic heterocycles. The van der Waals surface area contributed by atoms with Crippen LogP contribution in [0, 0.1) is 5.92 Å². The zero-order valence-corrected chi connectivity index (χ0v) is 27.8. The van der Waals surface area contributed by atoms with Crippen LogP contribution in [-0.2, 0) is 16.0 Å². The first kappa shape index (κ1) is 31.5. The predicted molar refractivity (Wildman–Crippen MR) is 174 cm³/mol. The summed E-state index contributed by atoms with van der Waals surface area (Å²) in [6, 6.07) is 14.8. The summed E-state index contributed by atoms with van der Waals surface area (Å²) in [6.07, 6.45) is 5.61. The smallest absolute Gasteiger partial charge is 0.243 e. The molecule has 1 aliphatic carbocycles. The number of ether oxygens (including phenoxy) is 1. The Bertz CT molecular complexity index is 1350. The van der Waals surface area contributed by atoms with E-state index in [0.29, 0.717) is 19.5 Å². The average Bonchev–Trinajstić information content (AvgIpc) is 3.64. The lowest BCUT2D eigenvalue weighted by atomic mass is 9.89. The standard InChI is InChI=1S/C35H47BrN4O4/c1-23(40-17-15-35(33(40)43)14-7-16-39(35)22-25-10-11-25)32(42)38-28(18-24-8-5-4-6-9-24)30(41)21-37-29-20-34(2,3)44-31-13-12-26(36)19-27(29)31/h4-6,8-9,12-13,19,23,25,28-30,37,41H,7,10-11,14-18,20-22H2,1-3H3,(H,38,42)/t23-,28-,29?,30+,35-/m0/s1. The van der Waals surface area contributed by atoms with Crippen molar-refractivity contribution in [3.05, 3.63) is 64.1 Å². The highest BCUT2D eigenvalue weighted by Crippen LogP contribution is 2.43. The van der Waals surface area contributed by atoms with Crippen LogP contribution >= 0.6 is 15.9 Å². The molecule has 2 saturated heterocycles. The summed E-state index contributed by atoms with van der Waals surface area (Å²) < 4.78 is 7.20. The molecule has 1 unspecified atom stereocenters. The summed E-state index contributed by atoms with van der Waals surface area (Å²) in [7, 11) is 0. The van der Waals surface area contributed by atoms with E-state index in [1.165, 1.54) is 12.8 Å². The summed E-state index contributed by atoms with van der Waals surface area (Å²) >= 11 is 3.58. The van der Waals surface area contributed by atoms with Gasteiger partial charge >= 0.3 is 0 Å². The minimum atomic E-state index is -0.850. The van der Waals surface area contributed by atoms with Crippen molar-refractivity contribution in [3.63, 3.8) is 0 Å². The van der Waals surface area contributed by atoms with Gasteiger partial charge in [-0.3, -0.25) is 14.5 Å². The molecular formula is C35H47BrN4O4. The number of nitrogens with zero attached hydrogens (tertiary/aromatic N) is 2. The fourth-order valence-electron chi connectivity index (χ4n) is 7.50. The lowest BCUT2D eigenvalue weighted by molar-refractivity contribution is -0.143. The molecule has 1 spiro atoms. The quantitative estimate of drug-likeness (QED) is 0.325. The third kappa shape index (κ3) is 6.71. The van der Waals surface area contributed by atoms with Gasteiger partial charge in [-0.05, 0) is 95.5 Å². The Hall–Kier alpha value is -2.46. The van der Waals surface area contributed by atoms with Crippen LogP contribution in [0.2, 0.25) is 0 Å². The summed E-state index contributed by atoms with van der Waals surface area (Å²) in [5.41, 5.74) is 1.28. The highest BCUT2D eigenvalue weighted by molar-refractivity contribution is 9.10. The first-order valence-corrected chi connectivity index (χ1v) is 17.1. The minimum Gasteiger partial charge on any atom is -0.487 e. The molecule has 9 heteroatoms. The van der Waals surface area contributed by atoms with Crippen LogP contribution in [-0.4, -0.2) is 82.2 Å². The highest BCUT2D eigenvalue weighted by atomic mass is 79.9. The zero-order chi connectivity index (χ0) is 31.1. The Kier molecular flexibility index (Phi) is 9.12. The van der Waals surface area contributed by atoms with Gasteiger partial charge in [-0.1, -0.05) is 46.3 Å². The van der Waals surface area contributed by atoms with Crippen molar-refractivity contribution < 1.29 is 19.4 Å². The number of benzene rings is 2. The molecule has 0 bridgehead atoms. The van der Waals surface area contributed by atoms with E-state index in [9.17, 15) is 14.7 Å². The number of aliphatic hydroxyl groups is 1. The zero-order valence-electron chi connectivity index (χ0n) is 26.2. The monoisotopic (exact) mass is 666 g/mol. The van der Waals surface area contributed by atoms with E-state index in [1.54, 1.807) is 4.90 Å².